The minimum Gasteiger partial charge on any atom is -0.310 e. The molecule has 0 aliphatic carbocycles. The average molecular weight is 860 g/mol. The zero-order valence-corrected chi connectivity index (χ0v) is 37.3. The highest BCUT2D eigenvalue weighted by molar-refractivity contribution is 6.10. The van der Waals surface area contributed by atoms with Gasteiger partial charge in [0.2, 0.25) is 0 Å². The van der Waals surface area contributed by atoms with E-state index in [1.807, 2.05) is 18.5 Å². The highest BCUT2D eigenvalue weighted by Crippen LogP contribution is 2.47. The zero-order valence-electron chi connectivity index (χ0n) is 37.3. The van der Waals surface area contributed by atoms with Crippen molar-refractivity contribution in [2.45, 2.75) is 13.8 Å². The Bertz CT molecular complexity index is 3680. The van der Waals surface area contributed by atoms with E-state index < -0.39 is 0 Å². The Kier molecular flexibility index (Phi) is 9.88. The predicted molar refractivity (Wildman–Crippen MR) is 279 cm³/mol. The van der Waals surface area contributed by atoms with Crippen molar-refractivity contribution in [1.82, 2.24) is 19.1 Å². The van der Waals surface area contributed by atoms with Crippen molar-refractivity contribution < 1.29 is 0 Å². The molecule has 0 aliphatic rings. The number of hydrogen-bond donors (Lipinski definition) is 0. The highest BCUT2D eigenvalue weighted by Gasteiger charge is 2.26. The van der Waals surface area contributed by atoms with E-state index in [9.17, 15) is 0 Å². The van der Waals surface area contributed by atoms with Crippen LogP contribution in [0.1, 0.15) is 11.1 Å². The Balaban J connectivity index is 1.11. The molecule has 0 amide bonds. The normalized spacial score (nSPS) is 11.4. The first-order valence-electron chi connectivity index (χ1n) is 22.8. The summed E-state index contributed by atoms with van der Waals surface area (Å²) in [5.74, 6) is 0.853. The van der Waals surface area contributed by atoms with Crippen LogP contribution in [0.4, 0.5) is 17.1 Å². The molecule has 0 spiro atoms. The van der Waals surface area contributed by atoms with Crippen molar-refractivity contribution in [2.75, 3.05) is 4.90 Å². The average Bonchev–Trinajstić information content (AvgIpc) is 3.92. The second kappa shape index (κ2) is 16.6. The van der Waals surface area contributed by atoms with Crippen molar-refractivity contribution in [1.29, 1.82) is 0 Å². The van der Waals surface area contributed by atoms with Gasteiger partial charge in [0.25, 0.3) is 0 Å². The second-order valence-corrected chi connectivity index (χ2v) is 17.2. The van der Waals surface area contributed by atoms with E-state index in [2.05, 4.69) is 246 Å². The molecular formula is C62H45N5. The van der Waals surface area contributed by atoms with Crippen LogP contribution in [-0.4, -0.2) is 19.1 Å². The van der Waals surface area contributed by atoms with Gasteiger partial charge >= 0.3 is 0 Å². The Morgan fingerprint density at radius 3 is 1.64 bits per heavy atom. The van der Waals surface area contributed by atoms with Crippen LogP contribution in [-0.2, 0) is 0 Å². The third-order valence-electron chi connectivity index (χ3n) is 13.0. The fourth-order valence-corrected chi connectivity index (χ4v) is 10.1. The lowest BCUT2D eigenvalue weighted by atomic mass is 9.98. The quantitative estimate of drug-likeness (QED) is 0.145. The Morgan fingerprint density at radius 1 is 0.373 bits per heavy atom. The minimum atomic E-state index is 0.853. The zero-order chi connectivity index (χ0) is 44.8. The van der Waals surface area contributed by atoms with Crippen LogP contribution in [0.3, 0.4) is 0 Å². The number of nitrogens with zero attached hydrogens (tertiary/aromatic N) is 5. The summed E-state index contributed by atoms with van der Waals surface area (Å²) in [6.45, 7) is 4.50. The van der Waals surface area contributed by atoms with E-state index in [1.165, 1.54) is 27.4 Å². The molecule has 0 radical (unpaired) electrons. The monoisotopic (exact) mass is 859 g/mol. The number of benzene rings is 8. The van der Waals surface area contributed by atoms with Gasteiger partial charge < -0.3 is 9.47 Å². The van der Waals surface area contributed by atoms with Crippen molar-refractivity contribution in [2.24, 2.45) is 0 Å². The maximum atomic E-state index is 5.00. The molecule has 4 aromatic heterocycles. The van der Waals surface area contributed by atoms with Gasteiger partial charge in [-0.15, -0.1) is 0 Å². The Morgan fingerprint density at radius 2 is 0.970 bits per heavy atom. The predicted octanol–water partition coefficient (Wildman–Crippen LogP) is 16.3. The summed E-state index contributed by atoms with van der Waals surface area (Å²) in [5.41, 5.74) is 18.8. The molecule has 318 valence electrons. The first-order chi connectivity index (χ1) is 33.1. The van der Waals surface area contributed by atoms with Gasteiger partial charge in [0.1, 0.15) is 5.82 Å². The minimum absolute atomic E-state index is 0.853. The molecular weight excluding hydrogens is 815 g/mol. The number of para-hydroxylation sites is 2. The number of pyridine rings is 2. The fraction of sp³-hybridized carbons (Fsp3) is 0.0323. The SMILES string of the molecule is Cc1cc(-n2c3ccccc3c3ccccc32)cc(C)c1N(c1cccc(-c2cc(-c3ccccc3)ccn2)c1)c1ccc2c(-c3ccccc3)c(-c3ccccc3)n(-c3ccccn3)c2c1. The molecule has 0 N–H and O–H groups in total. The number of rotatable bonds is 9. The molecule has 0 unspecified atom stereocenters. The van der Waals surface area contributed by atoms with Gasteiger partial charge in [-0.3, -0.25) is 9.55 Å². The van der Waals surface area contributed by atoms with Gasteiger partial charge in [-0.2, -0.15) is 0 Å². The van der Waals surface area contributed by atoms with Crippen molar-refractivity contribution in [3.05, 3.63) is 248 Å². The van der Waals surface area contributed by atoms with Crippen LogP contribution >= 0.6 is 0 Å². The summed E-state index contributed by atoms with van der Waals surface area (Å²) in [7, 11) is 0. The third-order valence-corrected chi connectivity index (χ3v) is 13.0. The summed E-state index contributed by atoms with van der Waals surface area (Å²) >= 11 is 0. The van der Waals surface area contributed by atoms with E-state index in [-0.39, 0.29) is 0 Å². The molecule has 0 aliphatic heterocycles. The van der Waals surface area contributed by atoms with Crippen LogP contribution in [0.15, 0.2) is 237 Å². The summed E-state index contributed by atoms with van der Waals surface area (Å²) in [4.78, 5) is 12.4. The molecule has 0 saturated carbocycles. The Hall–Kier alpha value is -8.80. The van der Waals surface area contributed by atoms with Crippen molar-refractivity contribution >= 4 is 49.8 Å². The van der Waals surface area contributed by atoms with E-state index in [0.29, 0.717) is 0 Å². The molecule has 12 aromatic rings. The molecule has 0 bridgehead atoms. The first kappa shape index (κ1) is 39.8. The number of fused-ring (bicyclic) bond motifs is 4. The van der Waals surface area contributed by atoms with Gasteiger partial charge in [-0.1, -0.05) is 152 Å². The van der Waals surface area contributed by atoms with Gasteiger partial charge in [0.05, 0.1) is 33.6 Å². The molecule has 0 fully saturated rings. The maximum absolute atomic E-state index is 5.00. The largest absolute Gasteiger partial charge is 0.310 e. The van der Waals surface area contributed by atoms with Gasteiger partial charge in [0, 0.05) is 56.7 Å². The first-order valence-corrected chi connectivity index (χ1v) is 22.8. The molecule has 8 aromatic carbocycles. The van der Waals surface area contributed by atoms with Crippen LogP contribution < -0.4 is 4.90 Å². The second-order valence-electron chi connectivity index (χ2n) is 17.2. The van der Waals surface area contributed by atoms with Crippen LogP contribution in [0.5, 0.6) is 0 Å². The number of aromatic nitrogens is 4. The lowest BCUT2D eigenvalue weighted by Crippen LogP contribution is -2.14. The molecule has 5 nitrogen and oxygen atoms in total. The maximum Gasteiger partial charge on any atom is 0.137 e. The van der Waals surface area contributed by atoms with Crippen molar-refractivity contribution in [3.8, 4) is 56.3 Å². The van der Waals surface area contributed by atoms with Gasteiger partial charge in [-0.25, -0.2) is 4.98 Å². The van der Waals surface area contributed by atoms with Crippen LogP contribution in [0.25, 0.3) is 89.0 Å². The smallest absolute Gasteiger partial charge is 0.137 e. The molecule has 12 rings (SSSR count). The van der Waals surface area contributed by atoms with E-state index in [4.69, 9.17) is 9.97 Å². The summed E-state index contributed by atoms with van der Waals surface area (Å²) in [6.07, 6.45) is 3.80. The van der Waals surface area contributed by atoms with Crippen LogP contribution in [0.2, 0.25) is 0 Å². The molecule has 0 saturated heterocycles. The number of aryl methyl sites for hydroxylation is 2. The van der Waals surface area contributed by atoms with Gasteiger partial charge in [0.15, 0.2) is 0 Å². The fourth-order valence-electron chi connectivity index (χ4n) is 10.1. The van der Waals surface area contributed by atoms with Crippen LogP contribution in [0, 0.1) is 13.8 Å². The topological polar surface area (TPSA) is 38.9 Å². The van der Waals surface area contributed by atoms with Crippen molar-refractivity contribution in [3.63, 3.8) is 0 Å². The summed E-state index contributed by atoms with van der Waals surface area (Å²) in [6, 6.07) is 80.3. The highest BCUT2D eigenvalue weighted by atomic mass is 15.2. The third kappa shape index (κ3) is 6.96. The molecule has 67 heavy (non-hydrogen) atoms. The molecule has 4 heterocycles. The summed E-state index contributed by atoms with van der Waals surface area (Å²) in [5, 5.41) is 3.63. The lowest BCUT2D eigenvalue weighted by molar-refractivity contribution is 1.05. The molecule has 0 atom stereocenters. The Labute approximate surface area is 390 Å². The standard InChI is InChI=1S/C62H45N5/c1-42-37-51(66-56-29-14-12-27-52(56)53-28-13-15-30-57(53)66)38-43(2)61(42)65(49-26-18-25-48(39-49)55-40-47(34-36-63-55)44-19-6-3-7-20-44)50-32-33-54-58(41-50)67(59-31-16-17-35-64-59)62(46-23-10-5-11-24-46)60(54)45-21-8-4-9-22-45/h3-41H,1-2H3. The van der Waals surface area contributed by atoms with E-state index >= 15 is 0 Å². The van der Waals surface area contributed by atoms with E-state index in [1.54, 1.807) is 0 Å². The summed E-state index contributed by atoms with van der Waals surface area (Å²) < 4.78 is 4.75. The lowest BCUT2D eigenvalue weighted by Gasteiger charge is -2.30. The molecule has 5 heteroatoms. The van der Waals surface area contributed by atoms with E-state index in [0.717, 1.165) is 89.8 Å². The van der Waals surface area contributed by atoms with Gasteiger partial charge in [-0.05, 0) is 120 Å². The number of hydrogen-bond acceptors (Lipinski definition) is 3. The number of anilines is 3.